The Balaban J connectivity index is 1.79. The molecule has 2 N–H and O–H groups in total. The van der Waals surface area contributed by atoms with Crippen molar-refractivity contribution in [1.29, 1.82) is 0 Å². The summed E-state index contributed by atoms with van der Waals surface area (Å²) in [5.41, 5.74) is 1.44. The number of benzene rings is 3. The number of hydrogen-bond acceptors (Lipinski definition) is 2. The number of halogens is 3. The number of hydrogen-bond donors (Lipinski definition) is 2. The van der Waals surface area contributed by atoms with Crippen LogP contribution in [0.15, 0.2) is 71.2 Å². The normalized spacial score (nSPS) is 11.6. The number of amides is 2. The van der Waals surface area contributed by atoms with Gasteiger partial charge in [-0.3, -0.25) is 9.59 Å². The third kappa shape index (κ3) is 4.86. The largest absolute Gasteiger partial charge is 0.345 e. The van der Waals surface area contributed by atoms with E-state index in [-0.39, 0.29) is 11.5 Å². The number of nitrogens with one attached hydrogen (secondary N) is 2. The topological polar surface area (TPSA) is 58.2 Å². The van der Waals surface area contributed by atoms with Crippen molar-refractivity contribution in [1.82, 2.24) is 5.32 Å². The summed E-state index contributed by atoms with van der Waals surface area (Å²) in [6.07, 6.45) is 0. The van der Waals surface area contributed by atoms with E-state index in [1.165, 1.54) is 6.07 Å². The molecule has 29 heavy (non-hydrogen) atoms. The maximum Gasteiger partial charge on any atom is 0.256 e. The molecule has 0 aromatic heterocycles. The van der Waals surface area contributed by atoms with E-state index in [1.807, 2.05) is 0 Å². The summed E-state index contributed by atoms with van der Waals surface area (Å²) in [5, 5.41) is 5.47. The number of para-hydroxylation sites is 1. The first kappa shape index (κ1) is 20.7. The minimum Gasteiger partial charge on any atom is -0.345 e. The molecule has 0 spiro atoms. The Morgan fingerprint density at radius 2 is 1.52 bits per heavy atom. The highest BCUT2D eigenvalue weighted by molar-refractivity contribution is 9.10. The molecule has 0 radical (unpaired) electrons. The minimum absolute atomic E-state index is 0.252. The molecular formula is C22H17BrF2N2O2. The lowest BCUT2D eigenvalue weighted by Gasteiger charge is -2.17. The fourth-order valence-corrected chi connectivity index (χ4v) is 3.23. The first-order valence-corrected chi connectivity index (χ1v) is 9.57. The summed E-state index contributed by atoms with van der Waals surface area (Å²) in [5.74, 6) is -2.76. The predicted molar refractivity (Wildman–Crippen MR) is 111 cm³/mol. The highest BCUT2D eigenvalue weighted by atomic mass is 79.9. The zero-order valence-corrected chi connectivity index (χ0v) is 17.0. The van der Waals surface area contributed by atoms with E-state index >= 15 is 0 Å². The number of rotatable bonds is 5. The standard InChI is InChI=1S/C22H17BrF2N2O2/c1-13(14-10-11-18(24)19(25)12-14)26-22(29)16-7-3-5-9-20(16)27-21(28)15-6-2-4-8-17(15)23/h2-13H,1H3,(H,26,29)(H,27,28). The Hall–Kier alpha value is -3.06. The molecule has 3 rings (SSSR count). The van der Waals surface area contributed by atoms with E-state index in [1.54, 1.807) is 55.5 Å². The number of carbonyl (C=O) groups excluding carboxylic acids is 2. The molecule has 0 saturated heterocycles. The van der Waals surface area contributed by atoms with Gasteiger partial charge in [0.15, 0.2) is 11.6 Å². The third-order valence-electron chi connectivity index (χ3n) is 4.33. The minimum atomic E-state index is -0.982. The van der Waals surface area contributed by atoms with E-state index in [0.29, 0.717) is 21.3 Å². The first-order chi connectivity index (χ1) is 13.9. The van der Waals surface area contributed by atoms with Gasteiger partial charge < -0.3 is 10.6 Å². The number of anilines is 1. The zero-order chi connectivity index (χ0) is 21.0. The lowest BCUT2D eigenvalue weighted by molar-refractivity contribution is 0.0940. The van der Waals surface area contributed by atoms with Crippen LogP contribution < -0.4 is 10.6 Å². The van der Waals surface area contributed by atoms with Crippen LogP contribution in [-0.4, -0.2) is 11.8 Å². The Bertz CT molecular complexity index is 1070. The van der Waals surface area contributed by atoms with Crippen molar-refractivity contribution in [3.05, 3.63) is 99.5 Å². The van der Waals surface area contributed by atoms with Crippen molar-refractivity contribution in [3.63, 3.8) is 0 Å². The Morgan fingerprint density at radius 3 is 2.21 bits per heavy atom. The van der Waals surface area contributed by atoms with Gasteiger partial charge in [0.2, 0.25) is 0 Å². The third-order valence-corrected chi connectivity index (χ3v) is 5.02. The molecule has 148 valence electrons. The molecule has 0 aliphatic heterocycles. The van der Waals surface area contributed by atoms with Crippen molar-refractivity contribution < 1.29 is 18.4 Å². The van der Waals surface area contributed by atoms with Crippen LogP contribution >= 0.6 is 15.9 Å². The molecular weight excluding hydrogens is 442 g/mol. The van der Waals surface area contributed by atoms with Gasteiger partial charge in [-0.25, -0.2) is 8.78 Å². The monoisotopic (exact) mass is 458 g/mol. The zero-order valence-electron chi connectivity index (χ0n) is 15.4. The maximum absolute atomic E-state index is 13.5. The van der Waals surface area contributed by atoms with Gasteiger partial charge >= 0.3 is 0 Å². The molecule has 7 heteroatoms. The van der Waals surface area contributed by atoms with Crippen LogP contribution in [0.25, 0.3) is 0 Å². The second kappa shape index (κ2) is 8.96. The van der Waals surface area contributed by atoms with Gasteiger partial charge in [0.1, 0.15) is 0 Å². The van der Waals surface area contributed by atoms with E-state index in [2.05, 4.69) is 26.6 Å². The maximum atomic E-state index is 13.5. The second-order valence-electron chi connectivity index (χ2n) is 6.35. The summed E-state index contributed by atoms with van der Waals surface area (Å²) in [6, 6.07) is 16.4. The molecule has 1 unspecified atom stereocenters. The average molecular weight is 459 g/mol. The Kier molecular flexibility index (Phi) is 6.39. The van der Waals surface area contributed by atoms with Gasteiger partial charge in [-0.15, -0.1) is 0 Å². The second-order valence-corrected chi connectivity index (χ2v) is 7.20. The average Bonchev–Trinajstić information content (AvgIpc) is 2.70. The summed E-state index contributed by atoms with van der Waals surface area (Å²) < 4.78 is 27.2. The summed E-state index contributed by atoms with van der Waals surface area (Å²) in [7, 11) is 0. The first-order valence-electron chi connectivity index (χ1n) is 8.77. The van der Waals surface area contributed by atoms with Crippen molar-refractivity contribution in [3.8, 4) is 0 Å². The molecule has 2 amide bonds. The number of carbonyl (C=O) groups is 2. The van der Waals surface area contributed by atoms with Crippen LogP contribution in [-0.2, 0) is 0 Å². The Morgan fingerprint density at radius 1 is 0.862 bits per heavy atom. The Labute approximate surface area is 175 Å². The van der Waals surface area contributed by atoms with Gasteiger partial charge in [-0.2, -0.15) is 0 Å². The molecule has 0 aliphatic carbocycles. The SMILES string of the molecule is CC(NC(=O)c1ccccc1NC(=O)c1ccccc1Br)c1ccc(F)c(F)c1. The van der Waals surface area contributed by atoms with Crippen molar-refractivity contribution >= 4 is 33.4 Å². The van der Waals surface area contributed by atoms with Crippen LogP contribution in [0.5, 0.6) is 0 Å². The molecule has 0 fully saturated rings. The highest BCUT2D eigenvalue weighted by Crippen LogP contribution is 2.22. The summed E-state index contributed by atoms with van der Waals surface area (Å²) >= 11 is 3.33. The van der Waals surface area contributed by atoms with E-state index < -0.39 is 23.6 Å². The smallest absolute Gasteiger partial charge is 0.256 e. The highest BCUT2D eigenvalue weighted by Gasteiger charge is 2.18. The lowest BCUT2D eigenvalue weighted by Crippen LogP contribution is -2.28. The van der Waals surface area contributed by atoms with Gasteiger partial charge in [-0.1, -0.05) is 30.3 Å². The van der Waals surface area contributed by atoms with Crippen molar-refractivity contribution in [2.75, 3.05) is 5.32 Å². The van der Waals surface area contributed by atoms with Crippen LogP contribution in [0.1, 0.15) is 39.2 Å². The van der Waals surface area contributed by atoms with Gasteiger partial charge in [0.05, 0.1) is 22.9 Å². The summed E-state index contributed by atoms with van der Waals surface area (Å²) in [4.78, 5) is 25.3. The molecule has 3 aromatic carbocycles. The molecule has 0 saturated carbocycles. The molecule has 0 aliphatic rings. The van der Waals surface area contributed by atoms with E-state index in [4.69, 9.17) is 0 Å². The summed E-state index contributed by atoms with van der Waals surface area (Å²) in [6.45, 7) is 1.66. The van der Waals surface area contributed by atoms with Gasteiger partial charge in [0, 0.05) is 4.47 Å². The van der Waals surface area contributed by atoms with E-state index in [9.17, 15) is 18.4 Å². The van der Waals surface area contributed by atoms with Crippen molar-refractivity contribution in [2.45, 2.75) is 13.0 Å². The van der Waals surface area contributed by atoms with Crippen LogP contribution in [0.3, 0.4) is 0 Å². The molecule has 0 bridgehead atoms. The van der Waals surface area contributed by atoms with Gasteiger partial charge in [0.25, 0.3) is 11.8 Å². The molecule has 3 aromatic rings. The van der Waals surface area contributed by atoms with Crippen LogP contribution in [0, 0.1) is 11.6 Å². The fraction of sp³-hybridized carbons (Fsp3) is 0.0909. The molecule has 4 nitrogen and oxygen atoms in total. The van der Waals surface area contributed by atoms with Crippen molar-refractivity contribution in [2.24, 2.45) is 0 Å². The van der Waals surface area contributed by atoms with Crippen LogP contribution in [0.2, 0.25) is 0 Å². The van der Waals surface area contributed by atoms with Crippen LogP contribution in [0.4, 0.5) is 14.5 Å². The quantitative estimate of drug-likeness (QED) is 0.532. The lowest BCUT2D eigenvalue weighted by atomic mass is 10.1. The molecule has 0 heterocycles. The molecule has 1 atom stereocenters. The predicted octanol–water partition coefficient (Wildman–Crippen LogP) is 5.47. The van der Waals surface area contributed by atoms with E-state index in [0.717, 1.165) is 12.1 Å². The fourth-order valence-electron chi connectivity index (χ4n) is 2.76. The van der Waals surface area contributed by atoms with Gasteiger partial charge in [-0.05, 0) is 64.8 Å².